The molecular formula is C29H36N4. The predicted octanol–water partition coefficient (Wildman–Crippen LogP) is 7.15. The highest BCUT2D eigenvalue weighted by Gasteiger charge is 2.03. The van der Waals surface area contributed by atoms with Crippen molar-refractivity contribution >= 4 is 17.5 Å². The number of aryl methyl sites for hydroxylation is 1. The summed E-state index contributed by atoms with van der Waals surface area (Å²) in [5.41, 5.74) is 7.46. The summed E-state index contributed by atoms with van der Waals surface area (Å²) in [4.78, 5) is 4.48. The lowest BCUT2D eigenvalue weighted by Gasteiger charge is -2.12. The molecule has 0 atom stereocenters. The third-order valence-electron chi connectivity index (χ3n) is 5.14. The summed E-state index contributed by atoms with van der Waals surface area (Å²) in [6, 6.07) is 10.5. The van der Waals surface area contributed by atoms with E-state index in [4.69, 9.17) is 0 Å². The molecule has 1 heterocycles. The van der Waals surface area contributed by atoms with Crippen molar-refractivity contribution in [3.8, 4) is 0 Å². The quantitative estimate of drug-likeness (QED) is 0.272. The fraction of sp³-hybridized carbons (Fsp3) is 0.207. The van der Waals surface area contributed by atoms with Crippen LogP contribution in [-0.4, -0.2) is 10.8 Å². The minimum Gasteiger partial charge on any atom is -0.359 e. The van der Waals surface area contributed by atoms with Crippen LogP contribution < -0.4 is 10.6 Å². The first kappa shape index (κ1) is 25.5. The summed E-state index contributed by atoms with van der Waals surface area (Å²) in [6.07, 6.45) is 15.6. The molecule has 0 unspecified atom stereocenters. The molecule has 172 valence electrons. The second-order valence-corrected chi connectivity index (χ2v) is 7.76. The highest BCUT2D eigenvalue weighted by molar-refractivity contribution is 6.10. The number of anilines is 1. The Kier molecular flexibility index (Phi) is 9.97. The number of nitrogens with zero attached hydrogens (tertiary/aromatic N) is 2. The van der Waals surface area contributed by atoms with Crippen molar-refractivity contribution in [3.63, 3.8) is 0 Å². The average molecular weight is 441 g/mol. The van der Waals surface area contributed by atoms with E-state index in [0.717, 1.165) is 41.1 Å². The molecule has 0 bridgehead atoms. The van der Waals surface area contributed by atoms with E-state index in [1.807, 2.05) is 68.4 Å². The Labute approximate surface area is 199 Å². The van der Waals surface area contributed by atoms with Gasteiger partial charge in [-0.1, -0.05) is 69.2 Å². The van der Waals surface area contributed by atoms with Gasteiger partial charge in [0.05, 0.1) is 5.69 Å². The monoisotopic (exact) mass is 440 g/mol. The summed E-state index contributed by atoms with van der Waals surface area (Å²) >= 11 is 0. The third kappa shape index (κ3) is 8.34. The van der Waals surface area contributed by atoms with E-state index < -0.39 is 0 Å². The molecule has 0 aliphatic carbocycles. The zero-order valence-corrected chi connectivity index (χ0v) is 20.4. The number of hydrogen-bond acceptors (Lipinski definition) is 3. The molecule has 0 aliphatic rings. The zero-order valence-electron chi connectivity index (χ0n) is 20.4. The molecule has 33 heavy (non-hydrogen) atoms. The van der Waals surface area contributed by atoms with E-state index in [-0.39, 0.29) is 0 Å². The van der Waals surface area contributed by atoms with Gasteiger partial charge in [-0.3, -0.25) is 0 Å². The van der Waals surface area contributed by atoms with Gasteiger partial charge in [0.1, 0.15) is 5.82 Å². The molecule has 2 rings (SSSR count). The van der Waals surface area contributed by atoms with E-state index in [1.54, 1.807) is 0 Å². The van der Waals surface area contributed by atoms with Crippen LogP contribution in [0.5, 0.6) is 0 Å². The van der Waals surface area contributed by atoms with Gasteiger partial charge in [-0.25, -0.2) is 4.99 Å². The van der Waals surface area contributed by atoms with Gasteiger partial charge >= 0.3 is 0 Å². The van der Waals surface area contributed by atoms with Crippen LogP contribution in [0, 0.1) is 0 Å². The molecule has 0 amide bonds. The number of allylic oxidation sites excluding steroid dienone is 7. The Morgan fingerprint density at radius 3 is 2.36 bits per heavy atom. The Bertz CT molecular complexity index is 1090. The van der Waals surface area contributed by atoms with Crippen LogP contribution in [-0.2, 0) is 13.5 Å². The number of rotatable bonds is 12. The third-order valence-corrected chi connectivity index (χ3v) is 5.14. The molecule has 2 N–H and O–H groups in total. The summed E-state index contributed by atoms with van der Waals surface area (Å²) in [5, 5.41) is 6.60. The maximum absolute atomic E-state index is 4.48. The molecule has 0 radical (unpaired) electrons. The van der Waals surface area contributed by atoms with Crippen molar-refractivity contribution < 1.29 is 0 Å². The predicted molar refractivity (Wildman–Crippen MR) is 145 cm³/mol. The average Bonchev–Trinajstić information content (AvgIpc) is 3.22. The maximum Gasteiger partial charge on any atom is 0.123 e. The lowest BCUT2D eigenvalue weighted by Crippen LogP contribution is -2.12. The Balaban J connectivity index is 1.98. The van der Waals surface area contributed by atoms with Crippen molar-refractivity contribution in [1.82, 2.24) is 9.88 Å². The van der Waals surface area contributed by atoms with Crippen LogP contribution in [0.15, 0.2) is 115 Å². The largest absolute Gasteiger partial charge is 0.359 e. The molecule has 0 fully saturated rings. The van der Waals surface area contributed by atoms with E-state index >= 15 is 0 Å². The zero-order chi connectivity index (χ0) is 24.2. The second-order valence-electron chi connectivity index (χ2n) is 7.76. The maximum atomic E-state index is 4.48. The van der Waals surface area contributed by atoms with Crippen molar-refractivity contribution in [2.24, 2.45) is 12.0 Å². The SMILES string of the molecule is C=C/C(=C\C(=C/C)NC(=C)Cc1ccc(C(/C=N\C(=C)Nc2ccn(C)c2)=C/C)cc1)CC. The first-order valence-corrected chi connectivity index (χ1v) is 11.2. The van der Waals surface area contributed by atoms with Gasteiger partial charge in [-0.15, -0.1) is 0 Å². The number of benzene rings is 1. The van der Waals surface area contributed by atoms with Crippen LogP contribution >= 0.6 is 0 Å². The molecular weight excluding hydrogens is 404 g/mol. The fourth-order valence-corrected chi connectivity index (χ4v) is 3.25. The minimum atomic E-state index is 0.594. The highest BCUT2D eigenvalue weighted by Crippen LogP contribution is 2.17. The number of nitrogens with one attached hydrogen (secondary N) is 2. The first-order chi connectivity index (χ1) is 15.9. The summed E-state index contributed by atoms with van der Waals surface area (Å²) in [5.74, 6) is 0.594. The van der Waals surface area contributed by atoms with Gasteiger partial charge in [-0.05, 0) is 54.7 Å². The lowest BCUT2D eigenvalue weighted by molar-refractivity contribution is 0.928. The lowest BCUT2D eigenvalue weighted by atomic mass is 10.0. The van der Waals surface area contributed by atoms with Crippen molar-refractivity contribution in [3.05, 3.63) is 121 Å². The van der Waals surface area contributed by atoms with E-state index in [0.29, 0.717) is 5.82 Å². The molecule has 4 heteroatoms. The minimum absolute atomic E-state index is 0.594. The van der Waals surface area contributed by atoms with Gasteiger partial charge in [0, 0.05) is 43.5 Å². The van der Waals surface area contributed by atoms with Gasteiger partial charge < -0.3 is 15.2 Å². The standard InChI is InChI=1S/C29H36N4/c1-8-24(9-2)19-28(11-4)31-22(5)18-25-12-14-27(15-13-25)26(10-3)20-30-23(6)32-29-16-17-33(7)21-29/h8,10-17,19-21,31-32H,1,5-6,9,18H2,2-4,7H3/b24-19+,26-10+,28-11+,30-20-. The molecule has 4 nitrogen and oxygen atoms in total. The smallest absolute Gasteiger partial charge is 0.123 e. The van der Waals surface area contributed by atoms with Crippen molar-refractivity contribution in [2.45, 2.75) is 33.6 Å². The van der Waals surface area contributed by atoms with Crippen LogP contribution in [0.4, 0.5) is 5.69 Å². The topological polar surface area (TPSA) is 41.4 Å². The number of aliphatic imine (C=N–C) groups is 1. The highest BCUT2D eigenvalue weighted by atomic mass is 15.0. The summed E-state index contributed by atoms with van der Waals surface area (Å²) < 4.78 is 1.97. The normalized spacial score (nSPS) is 12.7. The van der Waals surface area contributed by atoms with Crippen molar-refractivity contribution in [2.75, 3.05) is 5.32 Å². The first-order valence-electron chi connectivity index (χ1n) is 11.2. The second kappa shape index (κ2) is 12.9. The van der Waals surface area contributed by atoms with Gasteiger partial charge in [0.15, 0.2) is 0 Å². The molecule has 0 saturated carbocycles. The van der Waals surface area contributed by atoms with Crippen molar-refractivity contribution in [1.29, 1.82) is 0 Å². The van der Waals surface area contributed by atoms with Gasteiger partial charge in [0.25, 0.3) is 0 Å². The number of aromatic nitrogens is 1. The van der Waals surface area contributed by atoms with Crippen LogP contribution in [0.1, 0.15) is 38.3 Å². The van der Waals surface area contributed by atoms with Crippen LogP contribution in [0.2, 0.25) is 0 Å². The van der Waals surface area contributed by atoms with Gasteiger partial charge in [0.2, 0.25) is 0 Å². The molecule has 0 saturated heterocycles. The van der Waals surface area contributed by atoms with E-state index in [1.165, 1.54) is 11.1 Å². The molecule has 0 aliphatic heterocycles. The Hall–Kier alpha value is -3.79. The van der Waals surface area contributed by atoms with Gasteiger partial charge in [-0.2, -0.15) is 0 Å². The Morgan fingerprint density at radius 2 is 1.82 bits per heavy atom. The van der Waals surface area contributed by atoms with Crippen LogP contribution in [0.3, 0.4) is 0 Å². The van der Waals surface area contributed by atoms with E-state index in [2.05, 4.69) is 72.6 Å². The number of hydrogen-bond donors (Lipinski definition) is 2. The molecule has 1 aromatic carbocycles. The Morgan fingerprint density at radius 1 is 1.09 bits per heavy atom. The summed E-state index contributed by atoms with van der Waals surface area (Å²) in [6.45, 7) is 18.2. The van der Waals surface area contributed by atoms with Crippen LogP contribution in [0.25, 0.3) is 5.57 Å². The molecule has 1 aromatic heterocycles. The molecule has 0 spiro atoms. The summed E-state index contributed by atoms with van der Waals surface area (Å²) in [7, 11) is 1.98. The molecule has 2 aromatic rings. The van der Waals surface area contributed by atoms with E-state index in [9.17, 15) is 0 Å². The fourth-order valence-electron chi connectivity index (χ4n) is 3.25.